The van der Waals surface area contributed by atoms with Crippen molar-refractivity contribution in [3.8, 4) is 0 Å². The highest BCUT2D eigenvalue weighted by molar-refractivity contribution is 7.92. The van der Waals surface area contributed by atoms with E-state index in [9.17, 15) is 17.6 Å². The van der Waals surface area contributed by atoms with Crippen LogP contribution in [0.15, 0.2) is 59.5 Å². The maximum absolute atomic E-state index is 14.0. The van der Waals surface area contributed by atoms with Gasteiger partial charge >= 0.3 is 0 Å². The molecule has 0 aliphatic heterocycles. The lowest BCUT2D eigenvalue weighted by molar-refractivity contribution is -0.119. The minimum atomic E-state index is -4.05. The average Bonchev–Trinajstić information content (AvgIpc) is 2.54. The number of nitrogens with zero attached hydrogens (tertiary/aromatic N) is 1. The Morgan fingerprint density at radius 2 is 1.68 bits per heavy atom. The lowest BCUT2D eigenvalue weighted by Crippen LogP contribution is -2.40. The number of likely N-dealkylation sites (N-methyl/N-ethyl adjacent to an activating group) is 1. The van der Waals surface area contributed by atoms with Gasteiger partial charge in [-0.3, -0.25) is 9.10 Å². The summed E-state index contributed by atoms with van der Waals surface area (Å²) in [6.45, 7) is -0.505. The fourth-order valence-electron chi connectivity index (χ4n) is 1.88. The predicted octanol–water partition coefficient (Wildman–Crippen LogP) is 1.77. The first-order chi connectivity index (χ1) is 10.5. The minimum absolute atomic E-state index is 0.0119. The number of para-hydroxylation sites is 1. The van der Waals surface area contributed by atoms with E-state index >= 15 is 0 Å². The normalized spacial score (nSPS) is 11.0. The zero-order valence-corrected chi connectivity index (χ0v) is 12.7. The molecule has 0 bridgehead atoms. The molecule has 0 aromatic heterocycles. The summed E-state index contributed by atoms with van der Waals surface area (Å²) < 4.78 is 40.2. The van der Waals surface area contributed by atoms with Crippen molar-refractivity contribution in [2.45, 2.75) is 4.90 Å². The monoisotopic (exact) mass is 322 g/mol. The van der Waals surface area contributed by atoms with Crippen LogP contribution >= 0.6 is 0 Å². The summed E-state index contributed by atoms with van der Waals surface area (Å²) in [4.78, 5) is 11.6. The molecule has 22 heavy (non-hydrogen) atoms. The maximum Gasteiger partial charge on any atom is 0.264 e. The van der Waals surface area contributed by atoms with Crippen molar-refractivity contribution in [1.82, 2.24) is 5.32 Å². The molecule has 5 nitrogen and oxygen atoms in total. The molecule has 0 saturated carbocycles. The van der Waals surface area contributed by atoms with Crippen molar-refractivity contribution in [3.63, 3.8) is 0 Å². The zero-order chi connectivity index (χ0) is 16.2. The van der Waals surface area contributed by atoms with Gasteiger partial charge in [-0.25, -0.2) is 12.8 Å². The van der Waals surface area contributed by atoms with Gasteiger partial charge in [0.1, 0.15) is 12.4 Å². The molecule has 116 valence electrons. The van der Waals surface area contributed by atoms with E-state index < -0.39 is 28.3 Å². The van der Waals surface area contributed by atoms with E-state index in [-0.39, 0.29) is 10.6 Å². The van der Waals surface area contributed by atoms with Crippen molar-refractivity contribution >= 4 is 21.6 Å². The van der Waals surface area contributed by atoms with E-state index in [0.717, 1.165) is 10.4 Å². The lowest BCUT2D eigenvalue weighted by Gasteiger charge is -2.24. The van der Waals surface area contributed by atoms with E-state index in [4.69, 9.17) is 0 Å². The third kappa shape index (κ3) is 3.25. The van der Waals surface area contributed by atoms with Gasteiger partial charge in [0.15, 0.2) is 0 Å². The van der Waals surface area contributed by atoms with Gasteiger partial charge in [-0.15, -0.1) is 0 Å². The molecule has 0 fully saturated rings. The highest BCUT2D eigenvalue weighted by Gasteiger charge is 2.28. The fourth-order valence-corrected chi connectivity index (χ4v) is 3.33. The number of benzene rings is 2. The number of carbonyl (C=O) groups is 1. The van der Waals surface area contributed by atoms with E-state index in [2.05, 4.69) is 5.32 Å². The molecule has 2 aromatic rings. The third-order valence-corrected chi connectivity index (χ3v) is 4.79. The lowest BCUT2D eigenvalue weighted by atomic mass is 10.3. The number of amides is 1. The van der Waals surface area contributed by atoms with Gasteiger partial charge in [-0.2, -0.15) is 0 Å². The Morgan fingerprint density at radius 1 is 1.09 bits per heavy atom. The molecule has 0 unspecified atom stereocenters. The van der Waals surface area contributed by atoms with Crippen molar-refractivity contribution in [3.05, 3.63) is 60.4 Å². The highest BCUT2D eigenvalue weighted by Crippen LogP contribution is 2.25. The average molecular weight is 322 g/mol. The number of sulfonamides is 1. The topological polar surface area (TPSA) is 66.5 Å². The first-order valence-corrected chi connectivity index (χ1v) is 7.93. The maximum atomic E-state index is 14.0. The Kier molecular flexibility index (Phi) is 4.77. The molecule has 7 heteroatoms. The van der Waals surface area contributed by atoms with Crippen LogP contribution in [0.3, 0.4) is 0 Å². The van der Waals surface area contributed by atoms with Crippen LogP contribution in [0.1, 0.15) is 0 Å². The van der Waals surface area contributed by atoms with E-state index in [0.29, 0.717) is 0 Å². The predicted molar refractivity (Wildman–Crippen MR) is 81.4 cm³/mol. The van der Waals surface area contributed by atoms with Crippen molar-refractivity contribution < 1.29 is 17.6 Å². The van der Waals surface area contributed by atoms with Crippen LogP contribution in [0.4, 0.5) is 10.1 Å². The molecule has 0 atom stereocenters. The summed E-state index contributed by atoms with van der Waals surface area (Å²) in [6.07, 6.45) is 0. The summed E-state index contributed by atoms with van der Waals surface area (Å²) in [6, 6.07) is 13.0. The number of hydrogen-bond donors (Lipinski definition) is 1. The quantitative estimate of drug-likeness (QED) is 0.912. The van der Waals surface area contributed by atoms with E-state index in [1.165, 1.54) is 37.4 Å². The van der Waals surface area contributed by atoms with Crippen LogP contribution < -0.4 is 9.62 Å². The summed E-state index contributed by atoms with van der Waals surface area (Å²) in [5.41, 5.74) is -0.171. The molecule has 0 heterocycles. The van der Waals surface area contributed by atoms with Gasteiger partial charge in [0.25, 0.3) is 10.0 Å². The summed E-state index contributed by atoms with van der Waals surface area (Å²) in [7, 11) is -2.66. The van der Waals surface area contributed by atoms with Crippen LogP contribution in [0, 0.1) is 5.82 Å². The zero-order valence-electron chi connectivity index (χ0n) is 11.9. The van der Waals surface area contributed by atoms with Gasteiger partial charge in [0, 0.05) is 7.05 Å². The number of carbonyl (C=O) groups excluding carboxylic acids is 1. The second-order valence-corrected chi connectivity index (χ2v) is 6.31. The Morgan fingerprint density at radius 3 is 2.27 bits per heavy atom. The van der Waals surface area contributed by atoms with Gasteiger partial charge < -0.3 is 5.32 Å². The Bertz CT molecular complexity index is 763. The molecular formula is C15H15FN2O3S. The second-order valence-electron chi connectivity index (χ2n) is 4.45. The number of nitrogens with one attached hydrogen (secondary N) is 1. The summed E-state index contributed by atoms with van der Waals surface area (Å²) >= 11 is 0. The molecule has 0 radical (unpaired) electrons. The molecule has 2 rings (SSSR count). The Balaban J connectivity index is 2.54. The largest absolute Gasteiger partial charge is 0.358 e. The number of anilines is 1. The molecule has 1 N–H and O–H groups in total. The molecule has 0 aliphatic carbocycles. The molecule has 0 aliphatic rings. The fraction of sp³-hybridized carbons (Fsp3) is 0.133. The van der Waals surface area contributed by atoms with E-state index in [1.54, 1.807) is 18.2 Å². The van der Waals surface area contributed by atoms with Crippen LogP contribution in [0.5, 0.6) is 0 Å². The summed E-state index contributed by atoms with van der Waals surface area (Å²) in [5, 5.41) is 2.34. The second kappa shape index (κ2) is 6.57. The molecular weight excluding hydrogens is 307 g/mol. The number of halogens is 1. The van der Waals surface area contributed by atoms with E-state index in [1.807, 2.05) is 0 Å². The third-order valence-electron chi connectivity index (χ3n) is 3.02. The standard InChI is InChI=1S/C15H15FN2O3S/c1-17-15(19)11-18(14-10-6-5-9-13(14)16)22(20,21)12-7-3-2-4-8-12/h2-10H,11H2,1H3,(H,17,19). The Hall–Kier alpha value is -2.41. The first-order valence-electron chi connectivity index (χ1n) is 6.49. The van der Waals surface area contributed by atoms with Gasteiger partial charge in [-0.1, -0.05) is 30.3 Å². The summed E-state index contributed by atoms with van der Waals surface area (Å²) in [5.74, 6) is -1.26. The van der Waals surface area contributed by atoms with Crippen LogP contribution in [-0.4, -0.2) is 27.9 Å². The van der Waals surface area contributed by atoms with Crippen LogP contribution in [-0.2, 0) is 14.8 Å². The molecule has 0 spiro atoms. The van der Waals surface area contributed by atoms with Crippen molar-refractivity contribution in [2.75, 3.05) is 17.9 Å². The smallest absolute Gasteiger partial charge is 0.264 e. The number of rotatable bonds is 5. The SMILES string of the molecule is CNC(=O)CN(c1ccccc1F)S(=O)(=O)c1ccccc1. The molecule has 2 aromatic carbocycles. The van der Waals surface area contributed by atoms with Crippen LogP contribution in [0.25, 0.3) is 0 Å². The Labute approximate surface area is 128 Å². The first kappa shape index (κ1) is 16.0. The van der Waals surface area contributed by atoms with Crippen molar-refractivity contribution in [1.29, 1.82) is 0 Å². The van der Waals surface area contributed by atoms with Gasteiger partial charge in [0.2, 0.25) is 5.91 Å². The van der Waals surface area contributed by atoms with Crippen LogP contribution in [0.2, 0.25) is 0 Å². The van der Waals surface area contributed by atoms with Gasteiger partial charge in [-0.05, 0) is 24.3 Å². The number of hydrogen-bond acceptors (Lipinski definition) is 3. The highest BCUT2D eigenvalue weighted by atomic mass is 32.2. The molecule has 1 amide bonds. The minimum Gasteiger partial charge on any atom is -0.358 e. The molecule has 0 saturated heterocycles. The van der Waals surface area contributed by atoms with Gasteiger partial charge in [0.05, 0.1) is 10.6 Å². The van der Waals surface area contributed by atoms with Crippen molar-refractivity contribution in [2.24, 2.45) is 0 Å².